The predicted octanol–water partition coefficient (Wildman–Crippen LogP) is 3.77. The minimum absolute atomic E-state index is 0.382. The summed E-state index contributed by atoms with van der Waals surface area (Å²) in [5.74, 6) is 1.88. The van der Waals surface area contributed by atoms with Crippen LogP contribution in [-0.4, -0.2) is 25.1 Å². The van der Waals surface area contributed by atoms with E-state index in [0.717, 1.165) is 17.4 Å². The van der Waals surface area contributed by atoms with Crippen molar-refractivity contribution in [2.75, 3.05) is 24.3 Å². The third kappa shape index (κ3) is 1.99. The van der Waals surface area contributed by atoms with Gasteiger partial charge < -0.3 is 10.2 Å². The molecule has 3 heteroatoms. The summed E-state index contributed by atoms with van der Waals surface area (Å²) >= 11 is 0. The maximum atomic E-state index is 4.52. The minimum atomic E-state index is 0.382. The Balaban J connectivity index is 1.80. The van der Waals surface area contributed by atoms with E-state index < -0.39 is 0 Å². The summed E-state index contributed by atoms with van der Waals surface area (Å²) in [4.78, 5) is 6.55. The molecule has 0 spiro atoms. The normalized spacial score (nSPS) is 34.2. The van der Waals surface area contributed by atoms with Crippen molar-refractivity contribution >= 4 is 11.5 Å². The molecule has 2 bridgehead atoms. The predicted molar refractivity (Wildman–Crippen MR) is 85.2 cm³/mol. The van der Waals surface area contributed by atoms with Gasteiger partial charge in [-0.15, -0.1) is 0 Å². The molecule has 110 valence electrons. The first-order valence-electron chi connectivity index (χ1n) is 7.73. The molecular weight excluding hydrogens is 246 g/mol. The third-order valence-corrected chi connectivity index (χ3v) is 5.79. The van der Waals surface area contributed by atoms with Crippen LogP contribution in [0.3, 0.4) is 0 Å². The van der Waals surface area contributed by atoms with Crippen LogP contribution >= 0.6 is 0 Å². The summed E-state index contributed by atoms with van der Waals surface area (Å²) in [6.07, 6.45) is 6.11. The van der Waals surface area contributed by atoms with Gasteiger partial charge >= 0.3 is 0 Å². The second kappa shape index (κ2) is 4.37. The van der Waals surface area contributed by atoms with E-state index in [-0.39, 0.29) is 0 Å². The van der Waals surface area contributed by atoms with E-state index in [4.69, 9.17) is 0 Å². The number of anilines is 2. The zero-order valence-electron chi connectivity index (χ0n) is 13.4. The van der Waals surface area contributed by atoms with E-state index in [2.05, 4.69) is 43.2 Å². The molecular formula is C17H27N3. The molecule has 2 aliphatic carbocycles. The largest absolute Gasteiger partial charge is 0.380 e. The first-order chi connectivity index (χ1) is 9.33. The van der Waals surface area contributed by atoms with Crippen LogP contribution in [0.4, 0.5) is 11.5 Å². The Labute approximate surface area is 122 Å². The smallest absolute Gasteiger partial charge is 0.128 e. The highest BCUT2D eigenvalue weighted by Gasteiger charge is 2.59. The second-order valence-corrected chi connectivity index (χ2v) is 7.79. The first-order valence-corrected chi connectivity index (χ1v) is 7.73. The molecule has 1 aromatic rings. The number of hydrogen-bond donors (Lipinski definition) is 1. The number of nitrogens with one attached hydrogen (secondary N) is 1. The molecule has 3 rings (SSSR count). The molecule has 1 aromatic heterocycles. The fraction of sp³-hybridized carbons (Fsp3) is 0.706. The van der Waals surface area contributed by atoms with Crippen LogP contribution in [0.5, 0.6) is 0 Å². The number of aromatic nitrogens is 1. The van der Waals surface area contributed by atoms with E-state index in [9.17, 15) is 0 Å². The Morgan fingerprint density at radius 3 is 2.50 bits per heavy atom. The molecule has 20 heavy (non-hydrogen) atoms. The maximum Gasteiger partial charge on any atom is 0.128 e. The third-order valence-electron chi connectivity index (χ3n) is 5.79. The molecule has 0 saturated heterocycles. The summed E-state index contributed by atoms with van der Waals surface area (Å²) in [7, 11) is 4.05. The van der Waals surface area contributed by atoms with Gasteiger partial charge in [0.05, 0.1) is 11.9 Å². The highest BCUT2D eigenvalue weighted by molar-refractivity contribution is 5.49. The van der Waals surface area contributed by atoms with Gasteiger partial charge in [0, 0.05) is 20.1 Å². The molecule has 1 heterocycles. The van der Waals surface area contributed by atoms with Crippen LogP contribution in [0, 0.1) is 16.7 Å². The number of pyridine rings is 1. The van der Waals surface area contributed by atoms with Gasteiger partial charge in [0.25, 0.3) is 0 Å². The van der Waals surface area contributed by atoms with Crippen molar-refractivity contribution in [2.24, 2.45) is 16.7 Å². The number of rotatable bonds is 3. The molecule has 3 nitrogen and oxygen atoms in total. The molecule has 0 aromatic carbocycles. The topological polar surface area (TPSA) is 28.2 Å². The van der Waals surface area contributed by atoms with Crippen LogP contribution in [0.1, 0.15) is 40.0 Å². The van der Waals surface area contributed by atoms with E-state index in [0.29, 0.717) is 16.9 Å². The van der Waals surface area contributed by atoms with Gasteiger partial charge in [0.1, 0.15) is 5.82 Å². The average Bonchev–Trinajstić information content (AvgIpc) is 2.86. The SMILES string of the molecule is CN(C)c1ccc(NC2C(C)(C)[C@H]3CC[C@]2(C)C3)cn1. The maximum absolute atomic E-state index is 4.52. The van der Waals surface area contributed by atoms with Crippen LogP contribution in [0.2, 0.25) is 0 Å². The van der Waals surface area contributed by atoms with Crippen LogP contribution in [0.15, 0.2) is 18.3 Å². The fourth-order valence-corrected chi connectivity index (χ4v) is 4.56. The summed E-state index contributed by atoms with van der Waals surface area (Å²) in [5.41, 5.74) is 1.99. The van der Waals surface area contributed by atoms with Gasteiger partial charge in [-0.3, -0.25) is 0 Å². The molecule has 2 aliphatic rings. The number of nitrogens with zero attached hydrogens (tertiary/aromatic N) is 2. The van der Waals surface area contributed by atoms with Crippen molar-refractivity contribution in [3.8, 4) is 0 Å². The van der Waals surface area contributed by atoms with E-state index >= 15 is 0 Å². The molecule has 0 aliphatic heterocycles. The Morgan fingerprint density at radius 1 is 1.25 bits per heavy atom. The summed E-state index contributed by atoms with van der Waals surface area (Å²) in [6.45, 7) is 7.32. The van der Waals surface area contributed by atoms with Crippen LogP contribution < -0.4 is 10.2 Å². The lowest BCUT2D eigenvalue weighted by Crippen LogP contribution is -2.45. The first kappa shape index (κ1) is 13.7. The number of hydrogen-bond acceptors (Lipinski definition) is 3. The zero-order valence-corrected chi connectivity index (χ0v) is 13.4. The summed E-state index contributed by atoms with van der Waals surface area (Å²) in [6, 6.07) is 4.80. The van der Waals surface area contributed by atoms with Crippen molar-refractivity contribution in [1.82, 2.24) is 4.98 Å². The molecule has 2 saturated carbocycles. The second-order valence-electron chi connectivity index (χ2n) is 7.79. The van der Waals surface area contributed by atoms with Crippen molar-refractivity contribution in [2.45, 2.75) is 46.1 Å². The van der Waals surface area contributed by atoms with Gasteiger partial charge in [0.15, 0.2) is 0 Å². The van der Waals surface area contributed by atoms with Crippen molar-refractivity contribution < 1.29 is 0 Å². The standard InChI is InChI=1S/C17H27N3/c1-16(2)12-8-9-17(3,10-12)15(16)19-13-6-7-14(18-11-13)20(4)5/h6-7,11-12,15,19H,8-10H2,1-5H3/t12-,15?,17+/m0/s1. The fourth-order valence-electron chi connectivity index (χ4n) is 4.56. The Morgan fingerprint density at radius 2 is 2.00 bits per heavy atom. The minimum Gasteiger partial charge on any atom is -0.380 e. The number of fused-ring (bicyclic) bond motifs is 2. The Bertz CT molecular complexity index is 487. The van der Waals surface area contributed by atoms with Crippen LogP contribution in [0.25, 0.3) is 0 Å². The molecule has 0 radical (unpaired) electrons. The monoisotopic (exact) mass is 273 g/mol. The van der Waals surface area contributed by atoms with Gasteiger partial charge in [-0.2, -0.15) is 0 Å². The van der Waals surface area contributed by atoms with E-state index in [1.165, 1.54) is 19.3 Å². The zero-order chi connectivity index (χ0) is 14.5. The molecule has 1 N–H and O–H groups in total. The average molecular weight is 273 g/mol. The van der Waals surface area contributed by atoms with Gasteiger partial charge in [-0.25, -0.2) is 4.98 Å². The molecule has 3 atom stereocenters. The molecule has 1 unspecified atom stereocenters. The van der Waals surface area contributed by atoms with E-state index in [1.807, 2.05) is 25.2 Å². The van der Waals surface area contributed by atoms with Crippen molar-refractivity contribution in [1.29, 1.82) is 0 Å². The molecule has 2 fully saturated rings. The Hall–Kier alpha value is -1.25. The van der Waals surface area contributed by atoms with Crippen molar-refractivity contribution in [3.05, 3.63) is 18.3 Å². The lowest BCUT2D eigenvalue weighted by molar-refractivity contribution is 0.155. The summed E-state index contributed by atoms with van der Waals surface area (Å²) < 4.78 is 0. The van der Waals surface area contributed by atoms with E-state index in [1.54, 1.807) is 0 Å². The van der Waals surface area contributed by atoms with Gasteiger partial charge in [-0.05, 0) is 48.1 Å². The molecule has 0 amide bonds. The lowest BCUT2D eigenvalue weighted by atomic mass is 9.68. The highest BCUT2D eigenvalue weighted by Crippen LogP contribution is 2.63. The highest BCUT2D eigenvalue weighted by atomic mass is 15.1. The van der Waals surface area contributed by atoms with Gasteiger partial charge in [0.2, 0.25) is 0 Å². The Kier molecular flexibility index (Phi) is 3.00. The summed E-state index contributed by atoms with van der Waals surface area (Å²) in [5, 5.41) is 3.79. The van der Waals surface area contributed by atoms with Crippen LogP contribution in [-0.2, 0) is 0 Å². The van der Waals surface area contributed by atoms with Gasteiger partial charge in [-0.1, -0.05) is 20.8 Å². The quantitative estimate of drug-likeness (QED) is 0.908. The lowest BCUT2D eigenvalue weighted by Gasteiger charge is -2.43. The van der Waals surface area contributed by atoms with Crippen molar-refractivity contribution in [3.63, 3.8) is 0 Å².